The highest BCUT2D eigenvalue weighted by Crippen LogP contribution is 2.14. The summed E-state index contributed by atoms with van der Waals surface area (Å²) < 4.78 is 0. The Labute approximate surface area is 292 Å². The monoisotopic (exact) mass is 656 g/mol. The molecule has 0 heterocycles. The lowest BCUT2D eigenvalue weighted by atomic mass is 10.0. The highest BCUT2D eigenvalue weighted by atomic mass is 16.3. The lowest BCUT2D eigenvalue weighted by Gasteiger charge is -2.20. The molecule has 0 bridgehead atoms. The molecule has 3 N–H and O–H groups in total. The molecule has 0 aliphatic heterocycles. The van der Waals surface area contributed by atoms with Crippen LogP contribution in [0.1, 0.15) is 187 Å². The number of rotatable bonds is 35. The minimum atomic E-state index is -0.839. The van der Waals surface area contributed by atoms with Gasteiger partial charge in [-0.05, 0) is 57.8 Å². The van der Waals surface area contributed by atoms with Crippen LogP contribution in [-0.2, 0) is 4.79 Å². The molecule has 4 nitrogen and oxygen atoms in total. The quantitative estimate of drug-likeness (QED) is 0.0470. The third-order valence-electron chi connectivity index (χ3n) is 8.76. The van der Waals surface area contributed by atoms with Gasteiger partial charge in [-0.25, -0.2) is 0 Å². The Bertz CT molecular complexity index is 797. The summed E-state index contributed by atoms with van der Waals surface area (Å²) in [4.78, 5) is 12.3. The molecular formula is C43H77NO3. The molecule has 0 saturated carbocycles. The first-order chi connectivity index (χ1) is 23.2. The van der Waals surface area contributed by atoms with Gasteiger partial charge in [0.25, 0.3) is 0 Å². The summed E-state index contributed by atoms with van der Waals surface area (Å²) >= 11 is 0. The zero-order valence-corrected chi connectivity index (χ0v) is 31.0. The van der Waals surface area contributed by atoms with Gasteiger partial charge in [-0.15, -0.1) is 0 Å². The number of allylic oxidation sites excluding steroid dienone is 9. The molecule has 0 spiro atoms. The third-order valence-corrected chi connectivity index (χ3v) is 8.76. The second-order valence-corrected chi connectivity index (χ2v) is 13.3. The van der Waals surface area contributed by atoms with E-state index in [1.54, 1.807) is 6.08 Å². The summed E-state index contributed by atoms with van der Waals surface area (Å²) in [6.45, 7) is 4.16. The summed E-state index contributed by atoms with van der Waals surface area (Å²) in [5.41, 5.74) is 0. The smallest absolute Gasteiger partial charge is 0.220 e. The lowest BCUT2D eigenvalue weighted by Crippen LogP contribution is -2.45. The topological polar surface area (TPSA) is 69.6 Å². The first-order valence-corrected chi connectivity index (χ1v) is 20.0. The number of hydrogen-bond acceptors (Lipinski definition) is 3. The van der Waals surface area contributed by atoms with E-state index < -0.39 is 12.1 Å². The predicted molar refractivity (Wildman–Crippen MR) is 207 cm³/mol. The number of carbonyl (C=O) groups is 1. The first kappa shape index (κ1) is 45.1. The van der Waals surface area contributed by atoms with E-state index >= 15 is 0 Å². The number of amides is 1. The van der Waals surface area contributed by atoms with E-state index in [1.807, 2.05) is 6.08 Å². The Morgan fingerprint density at radius 3 is 1.40 bits per heavy atom. The van der Waals surface area contributed by atoms with Gasteiger partial charge in [0.1, 0.15) is 0 Å². The van der Waals surface area contributed by atoms with Gasteiger partial charge < -0.3 is 15.5 Å². The summed E-state index contributed by atoms with van der Waals surface area (Å²) in [7, 11) is 0. The molecular weight excluding hydrogens is 578 g/mol. The number of aliphatic hydroxyl groups excluding tert-OH is 2. The molecule has 2 unspecified atom stereocenters. The van der Waals surface area contributed by atoms with Crippen molar-refractivity contribution in [1.29, 1.82) is 0 Å². The van der Waals surface area contributed by atoms with Crippen LogP contribution >= 0.6 is 0 Å². The van der Waals surface area contributed by atoms with E-state index in [-0.39, 0.29) is 12.5 Å². The second-order valence-electron chi connectivity index (χ2n) is 13.3. The van der Waals surface area contributed by atoms with Crippen LogP contribution in [0, 0.1) is 0 Å². The van der Waals surface area contributed by atoms with Crippen molar-refractivity contribution < 1.29 is 15.0 Å². The molecule has 0 aliphatic carbocycles. The van der Waals surface area contributed by atoms with Crippen LogP contribution in [0.25, 0.3) is 0 Å². The van der Waals surface area contributed by atoms with Crippen molar-refractivity contribution in [2.24, 2.45) is 0 Å². The van der Waals surface area contributed by atoms with Crippen LogP contribution in [0.15, 0.2) is 60.8 Å². The van der Waals surface area contributed by atoms with Gasteiger partial charge in [-0.3, -0.25) is 4.79 Å². The van der Waals surface area contributed by atoms with Crippen molar-refractivity contribution in [2.45, 2.75) is 199 Å². The average Bonchev–Trinajstić information content (AvgIpc) is 3.07. The molecule has 4 heteroatoms. The zero-order valence-electron chi connectivity index (χ0n) is 31.0. The normalized spacial score (nSPS) is 13.7. The largest absolute Gasteiger partial charge is 0.394 e. The predicted octanol–water partition coefficient (Wildman–Crippen LogP) is 12.2. The Kier molecular flexibility index (Phi) is 37.0. The lowest BCUT2D eigenvalue weighted by molar-refractivity contribution is -0.123. The standard InChI is InChI=1S/C43H77NO3/c1-3-5-7-9-11-13-15-16-17-18-19-20-21-22-23-24-25-26-27-28-29-31-33-35-37-39-43(47)44-41(40-45)42(46)38-36-34-32-30-14-12-10-8-6-4-2/h5,7,11,13,16-17,19-20,36,38,41-42,45-46H,3-4,6,8-10,12,14-15,18,21-35,37,39-40H2,1-2H3,(H,44,47)/b7-5-,13-11-,17-16-,20-19-,38-36+. The van der Waals surface area contributed by atoms with Crippen molar-refractivity contribution in [3.8, 4) is 0 Å². The Balaban J connectivity index is 3.55. The van der Waals surface area contributed by atoms with Crippen LogP contribution < -0.4 is 5.32 Å². The summed E-state index contributed by atoms with van der Waals surface area (Å²) in [6.07, 6.45) is 53.2. The third kappa shape index (κ3) is 35.2. The van der Waals surface area contributed by atoms with Gasteiger partial charge >= 0.3 is 0 Å². The molecule has 47 heavy (non-hydrogen) atoms. The molecule has 0 radical (unpaired) electrons. The van der Waals surface area contributed by atoms with Gasteiger partial charge in [0.15, 0.2) is 0 Å². The molecule has 0 saturated heterocycles. The number of unbranched alkanes of at least 4 members (excludes halogenated alkanes) is 20. The highest BCUT2D eigenvalue weighted by molar-refractivity contribution is 5.76. The average molecular weight is 656 g/mol. The minimum Gasteiger partial charge on any atom is -0.394 e. The number of nitrogens with one attached hydrogen (secondary N) is 1. The SMILES string of the molecule is CC/C=C\C/C=C\C/C=C\C/C=C\CCCCCCCCCCCCCCC(=O)NC(CO)C(O)/C=C/CCCCCCCCCC. The van der Waals surface area contributed by atoms with E-state index in [1.165, 1.54) is 116 Å². The molecule has 0 aliphatic rings. The van der Waals surface area contributed by atoms with E-state index in [0.29, 0.717) is 6.42 Å². The van der Waals surface area contributed by atoms with E-state index in [0.717, 1.165) is 51.4 Å². The number of aliphatic hydroxyl groups is 2. The van der Waals surface area contributed by atoms with Crippen LogP contribution in [0.3, 0.4) is 0 Å². The molecule has 1 amide bonds. The summed E-state index contributed by atoms with van der Waals surface area (Å²) in [5, 5.41) is 22.9. The van der Waals surface area contributed by atoms with Gasteiger partial charge in [-0.2, -0.15) is 0 Å². The van der Waals surface area contributed by atoms with Gasteiger partial charge in [0.2, 0.25) is 5.91 Å². The molecule has 0 aromatic heterocycles. The first-order valence-electron chi connectivity index (χ1n) is 20.0. The Morgan fingerprint density at radius 1 is 0.532 bits per heavy atom. The molecule has 0 rings (SSSR count). The zero-order chi connectivity index (χ0) is 34.3. The highest BCUT2D eigenvalue weighted by Gasteiger charge is 2.17. The van der Waals surface area contributed by atoms with Crippen LogP contribution in [0.2, 0.25) is 0 Å². The summed E-state index contributed by atoms with van der Waals surface area (Å²) in [6, 6.07) is -0.622. The number of carbonyl (C=O) groups excluding carboxylic acids is 1. The fourth-order valence-corrected chi connectivity index (χ4v) is 5.70. The molecule has 0 fully saturated rings. The Hall–Kier alpha value is -1.91. The van der Waals surface area contributed by atoms with Gasteiger partial charge in [0, 0.05) is 6.42 Å². The Morgan fingerprint density at radius 2 is 0.936 bits per heavy atom. The minimum absolute atomic E-state index is 0.0713. The maximum Gasteiger partial charge on any atom is 0.220 e. The van der Waals surface area contributed by atoms with Crippen molar-refractivity contribution >= 4 is 5.91 Å². The van der Waals surface area contributed by atoms with Gasteiger partial charge in [0.05, 0.1) is 18.8 Å². The van der Waals surface area contributed by atoms with Crippen LogP contribution in [0.5, 0.6) is 0 Å². The van der Waals surface area contributed by atoms with Crippen LogP contribution in [0.4, 0.5) is 0 Å². The molecule has 272 valence electrons. The fraction of sp³-hybridized carbons (Fsp3) is 0.744. The van der Waals surface area contributed by atoms with Crippen molar-refractivity contribution in [2.75, 3.05) is 6.61 Å². The van der Waals surface area contributed by atoms with E-state index in [4.69, 9.17) is 0 Å². The summed E-state index contributed by atoms with van der Waals surface area (Å²) in [5.74, 6) is -0.0713. The van der Waals surface area contributed by atoms with Crippen molar-refractivity contribution in [3.05, 3.63) is 60.8 Å². The second kappa shape index (κ2) is 38.5. The molecule has 0 aromatic carbocycles. The van der Waals surface area contributed by atoms with E-state index in [9.17, 15) is 15.0 Å². The maximum atomic E-state index is 12.3. The van der Waals surface area contributed by atoms with Crippen molar-refractivity contribution in [3.63, 3.8) is 0 Å². The fourth-order valence-electron chi connectivity index (χ4n) is 5.70. The number of hydrogen-bond donors (Lipinski definition) is 3. The van der Waals surface area contributed by atoms with Gasteiger partial charge in [-0.1, -0.05) is 184 Å². The molecule has 2 atom stereocenters. The van der Waals surface area contributed by atoms with E-state index in [2.05, 4.69) is 67.8 Å². The molecule has 0 aromatic rings. The van der Waals surface area contributed by atoms with Crippen LogP contribution in [-0.4, -0.2) is 34.9 Å². The van der Waals surface area contributed by atoms with Crippen molar-refractivity contribution in [1.82, 2.24) is 5.32 Å². The maximum absolute atomic E-state index is 12.3.